The van der Waals surface area contributed by atoms with E-state index in [-0.39, 0.29) is 17.6 Å². The highest BCUT2D eigenvalue weighted by atomic mass is 19.1. The van der Waals surface area contributed by atoms with Gasteiger partial charge in [0.15, 0.2) is 0 Å². The Balaban J connectivity index is 1.36. The summed E-state index contributed by atoms with van der Waals surface area (Å²) in [6, 6.07) is 4.98. The second kappa shape index (κ2) is 6.75. The minimum absolute atomic E-state index is 0.0457. The van der Waals surface area contributed by atoms with Crippen LogP contribution < -0.4 is 5.32 Å². The van der Waals surface area contributed by atoms with E-state index in [2.05, 4.69) is 15.5 Å². The van der Waals surface area contributed by atoms with Gasteiger partial charge >= 0.3 is 0 Å². The van der Waals surface area contributed by atoms with E-state index >= 15 is 0 Å². The van der Waals surface area contributed by atoms with Crippen molar-refractivity contribution in [3.63, 3.8) is 0 Å². The Morgan fingerprint density at radius 3 is 2.67 bits per heavy atom. The van der Waals surface area contributed by atoms with E-state index in [9.17, 15) is 14.0 Å². The fourth-order valence-electron chi connectivity index (χ4n) is 3.53. The summed E-state index contributed by atoms with van der Waals surface area (Å²) in [4.78, 5) is 30.7. The van der Waals surface area contributed by atoms with Crippen LogP contribution in [-0.4, -0.2) is 46.0 Å². The number of hydrogen-bond acceptors (Lipinski definition) is 5. The minimum Gasteiger partial charge on any atom is -0.341 e. The van der Waals surface area contributed by atoms with Crippen molar-refractivity contribution in [3.8, 4) is 11.5 Å². The maximum Gasteiger partial charge on any atom is 0.293 e. The van der Waals surface area contributed by atoms with Crippen molar-refractivity contribution >= 4 is 11.8 Å². The molecular formula is C19H21FN4O3. The van der Waals surface area contributed by atoms with Gasteiger partial charge in [-0.1, -0.05) is 11.2 Å². The van der Waals surface area contributed by atoms with Crippen LogP contribution in [0.5, 0.6) is 0 Å². The fourth-order valence-corrected chi connectivity index (χ4v) is 3.53. The number of aromatic nitrogens is 2. The lowest BCUT2D eigenvalue weighted by atomic mass is 9.93. The molecule has 27 heavy (non-hydrogen) atoms. The highest BCUT2D eigenvalue weighted by Gasteiger charge is 2.45. The van der Waals surface area contributed by atoms with Crippen LogP contribution >= 0.6 is 0 Å². The van der Waals surface area contributed by atoms with Gasteiger partial charge in [-0.25, -0.2) is 4.39 Å². The molecule has 0 radical (unpaired) electrons. The molecule has 2 heterocycles. The molecule has 4 rings (SSSR count). The van der Waals surface area contributed by atoms with Crippen LogP contribution in [0.2, 0.25) is 0 Å². The van der Waals surface area contributed by atoms with E-state index in [4.69, 9.17) is 4.52 Å². The number of amides is 2. The van der Waals surface area contributed by atoms with Gasteiger partial charge in [0, 0.05) is 18.7 Å². The van der Waals surface area contributed by atoms with Crippen LogP contribution in [0, 0.1) is 11.2 Å². The zero-order valence-corrected chi connectivity index (χ0v) is 15.1. The summed E-state index contributed by atoms with van der Waals surface area (Å²) in [5.41, 5.74) is 0.870. The fraction of sp³-hybridized carbons (Fsp3) is 0.474. The van der Waals surface area contributed by atoms with Gasteiger partial charge in [-0.2, -0.15) is 4.98 Å². The molecule has 1 spiro atoms. The molecule has 7 nitrogen and oxygen atoms in total. The number of likely N-dealkylation sites (tertiary alicyclic amines) is 1. The minimum atomic E-state index is -0.679. The highest BCUT2D eigenvalue weighted by molar-refractivity contribution is 5.94. The van der Waals surface area contributed by atoms with Crippen molar-refractivity contribution in [2.24, 2.45) is 5.41 Å². The SMILES string of the molecule is C[C@H](NC(=O)c1noc(-c2cccc(F)c2)n1)C(=O)N1CCC2(CC1)CC2. The van der Waals surface area contributed by atoms with Crippen LogP contribution in [0.15, 0.2) is 28.8 Å². The molecule has 1 aromatic heterocycles. The Bertz CT molecular complexity index is 867. The molecule has 2 fully saturated rings. The number of carbonyl (C=O) groups is 2. The van der Waals surface area contributed by atoms with E-state index in [1.54, 1.807) is 13.0 Å². The largest absolute Gasteiger partial charge is 0.341 e. The Hall–Kier alpha value is -2.77. The van der Waals surface area contributed by atoms with Crippen LogP contribution in [0.3, 0.4) is 0 Å². The molecular weight excluding hydrogens is 351 g/mol. The van der Waals surface area contributed by atoms with E-state index in [1.165, 1.54) is 31.0 Å². The Labute approximate surface area is 155 Å². The lowest BCUT2D eigenvalue weighted by Gasteiger charge is -2.33. The predicted molar refractivity (Wildman–Crippen MR) is 94.1 cm³/mol. The van der Waals surface area contributed by atoms with Crippen molar-refractivity contribution in [2.45, 2.75) is 38.6 Å². The number of nitrogens with one attached hydrogen (secondary N) is 1. The van der Waals surface area contributed by atoms with Gasteiger partial charge < -0.3 is 14.7 Å². The van der Waals surface area contributed by atoms with Crippen molar-refractivity contribution in [1.82, 2.24) is 20.4 Å². The number of halogens is 1. The average Bonchev–Trinajstić information content (AvgIpc) is 3.22. The lowest BCUT2D eigenvalue weighted by molar-refractivity contribution is -0.134. The molecule has 2 amide bonds. The first kappa shape index (κ1) is 17.6. The summed E-state index contributed by atoms with van der Waals surface area (Å²) >= 11 is 0. The Kier molecular flexibility index (Phi) is 4.41. The van der Waals surface area contributed by atoms with E-state index < -0.39 is 17.8 Å². The summed E-state index contributed by atoms with van der Waals surface area (Å²) < 4.78 is 18.3. The number of carbonyl (C=O) groups excluding carboxylic acids is 2. The summed E-state index contributed by atoms with van der Waals surface area (Å²) in [6.45, 7) is 3.13. The first-order chi connectivity index (χ1) is 13.0. The number of nitrogens with zero attached hydrogens (tertiary/aromatic N) is 3. The molecule has 0 bridgehead atoms. The third kappa shape index (κ3) is 3.70. The number of rotatable bonds is 4. The third-order valence-corrected chi connectivity index (χ3v) is 5.51. The van der Waals surface area contributed by atoms with Crippen molar-refractivity contribution in [1.29, 1.82) is 0 Å². The smallest absolute Gasteiger partial charge is 0.293 e. The zero-order valence-electron chi connectivity index (χ0n) is 15.1. The van der Waals surface area contributed by atoms with Gasteiger partial charge in [-0.3, -0.25) is 9.59 Å². The molecule has 0 unspecified atom stereocenters. The zero-order chi connectivity index (χ0) is 19.0. The van der Waals surface area contributed by atoms with E-state index in [0.29, 0.717) is 11.0 Å². The molecule has 1 saturated heterocycles. The second-order valence-corrected chi connectivity index (χ2v) is 7.45. The van der Waals surface area contributed by atoms with Crippen molar-refractivity contribution in [2.75, 3.05) is 13.1 Å². The Morgan fingerprint density at radius 1 is 1.26 bits per heavy atom. The summed E-state index contributed by atoms with van der Waals surface area (Å²) in [5.74, 6) is -1.29. The molecule has 142 valence electrons. The van der Waals surface area contributed by atoms with Gasteiger partial charge in [-0.15, -0.1) is 0 Å². The molecule has 1 N–H and O–H groups in total. The van der Waals surface area contributed by atoms with Gasteiger partial charge in [-0.05, 0) is 56.2 Å². The van der Waals surface area contributed by atoms with Gasteiger partial charge in [0.05, 0.1) is 0 Å². The van der Waals surface area contributed by atoms with Crippen LogP contribution in [0.4, 0.5) is 4.39 Å². The van der Waals surface area contributed by atoms with Gasteiger partial charge in [0.1, 0.15) is 11.9 Å². The first-order valence-electron chi connectivity index (χ1n) is 9.15. The van der Waals surface area contributed by atoms with Crippen LogP contribution in [0.25, 0.3) is 11.5 Å². The molecule has 2 aromatic rings. The number of piperidine rings is 1. The van der Waals surface area contributed by atoms with E-state index in [0.717, 1.165) is 25.9 Å². The molecule has 1 atom stereocenters. The molecule has 8 heteroatoms. The van der Waals surface area contributed by atoms with Crippen LogP contribution in [-0.2, 0) is 4.79 Å². The normalized spacial score (nSPS) is 19.0. The lowest BCUT2D eigenvalue weighted by Crippen LogP contribution is -2.49. The van der Waals surface area contributed by atoms with Gasteiger partial charge in [0.25, 0.3) is 17.6 Å². The van der Waals surface area contributed by atoms with E-state index in [1.807, 2.05) is 4.90 Å². The molecule has 1 aromatic carbocycles. The quantitative estimate of drug-likeness (QED) is 0.890. The third-order valence-electron chi connectivity index (χ3n) is 5.51. The standard InChI is InChI=1S/C19H21FN4O3/c1-12(18(26)24-9-7-19(5-6-19)8-10-24)21-16(25)15-22-17(27-23-15)13-3-2-4-14(20)11-13/h2-4,11-12H,5-10H2,1H3,(H,21,25)/t12-/m0/s1. The summed E-state index contributed by atoms with van der Waals surface area (Å²) in [5, 5.41) is 6.25. The first-order valence-corrected chi connectivity index (χ1v) is 9.15. The summed E-state index contributed by atoms with van der Waals surface area (Å²) in [7, 11) is 0. The second-order valence-electron chi connectivity index (χ2n) is 7.45. The number of hydrogen-bond donors (Lipinski definition) is 1. The van der Waals surface area contributed by atoms with Crippen LogP contribution in [0.1, 0.15) is 43.2 Å². The Morgan fingerprint density at radius 2 is 2.00 bits per heavy atom. The average molecular weight is 372 g/mol. The highest BCUT2D eigenvalue weighted by Crippen LogP contribution is 2.53. The monoisotopic (exact) mass is 372 g/mol. The molecule has 2 aliphatic rings. The maximum atomic E-state index is 13.3. The predicted octanol–water partition coefficient (Wildman–Crippen LogP) is 2.40. The van der Waals surface area contributed by atoms with Crippen molar-refractivity contribution < 1.29 is 18.5 Å². The van der Waals surface area contributed by atoms with Gasteiger partial charge in [0.2, 0.25) is 5.91 Å². The number of benzene rings is 1. The molecule has 1 saturated carbocycles. The topological polar surface area (TPSA) is 88.3 Å². The molecule has 1 aliphatic heterocycles. The summed E-state index contributed by atoms with van der Waals surface area (Å²) in [6.07, 6.45) is 4.63. The van der Waals surface area contributed by atoms with Crippen molar-refractivity contribution in [3.05, 3.63) is 35.9 Å². The molecule has 1 aliphatic carbocycles. The maximum absolute atomic E-state index is 13.3.